The van der Waals surface area contributed by atoms with Crippen molar-refractivity contribution in [3.63, 3.8) is 0 Å². The second-order valence-electron chi connectivity index (χ2n) is 4.12. The van der Waals surface area contributed by atoms with E-state index in [1.54, 1.807) is 19.1 Å². The van der Waals surface area contributed by atoms with E-state index in [0.717, 1.165) is 5.56 Å². The van der Waals surface area contributed by atoms with Crippen LogP contribution in [0.1, 0.15) is 25.8 Å². The van der Waals surface area contributed by atoms with Crippen LogP contribution in [0.3, 0.4) is 0 Å². The Labute approximate surface area is 104 Å². The fourth-order valence-corrected chi connectivity index (χ4v) is 1.64. The van der Waals surface area contributed by atoms with Crippen LogP contribution < -0.4 is 4.74 Å². The number of carbonyl (C=O) groups excluding carboxylic acids is 1. The van der Waals surface area contributed by atoms with Crippen molar-refractivity contribution in [1.82, 2.24) is 0 Å². The van der Waals surface area contributed by atoms with E-state index in [9.17, 15) is 18.0 Å². The van der Waals surface area contributed by atoms with Gasteiger partial charge in [-0.15, -0.1) is 13.2 Å². The lowest BCUT2D eigenvalue weighted by Gasteiger charge is -2.11. The van der Waals surface area contributed by atoms with E-state index in [2.05, 4.69) is 4.74 Å². The lowest BCUT2D eigenvalue weighted by molar-refractivity contribution is -0.274. The molecule has 2 nitrogen and oxygen atoms in total. The maximum atomic E-state index is 11.9. The summed E-state index contributed by atoms with van der Waals surface area (Å²) in [4.78, 5) is 11.4. The molecule has 1 unspecified atom stereocenters. The monoisotopic (exact) mass is 260 g/mol. The summed E-state index contributed by atoms with van der Waals surface area (Å²) in [6, 6.07) is 5.60. The number of hydrogen-bond donors (Lipinski definition) is 0. The summed E-state index contributed by atoms with van der Waals surface area (Å²) < 4.78 is 39.6. The van der Waals surface area contributed by atoms with Crippen molar-refractivity contribution < 1.29 is 22.7 Å². The standard InChI is InChI=1S/C13H15F3O2/c1-3-12(17)9(2)8-10-4-6-11(7-5-10)18-13(14,15)16/h4-7,9H,3,8H2,1-2H3. The van der Waals surface area contributed by atoms with E-state index < -0.39 is 6.36 Å². The molecule has 5 heteroatoms. The predicted octanol–water partition coefficient (Wildman–Crippen LogP) is 3.74. The fraction of sp³-hybridized carbons (Fsp3) is 0.462. The summed E-state index contributed by atoms with van der Waals surface area (Å²) in [7, 11) is 0. The maximum absolute atomic E-state index is 11.9. The van der Waals surface area contributed by atoms with Crippen LogP contribution in [0.4, 0.5) is 13.2 Å². The Kier molecular flexibility index (Phi) is 4.76. The zero-order valence-corrected chi connectivity index (χ0v) is 10.3. The van der Waals surface area contributed by atoms with E-state index >= 15 is 0 Å². The highest BCUT2D eigenvalue weighted by Crippen LogP contribution is 2.23. The second-order valence-corrected chi connectivity index (χ2v) is 4.12. The van der Waals surface area contributed by atoms with Gasteiger partial charge >= 0.3 is 6.36 Å². The number of ether oxygens (including phenoxy) is 1. The van der Waals surface area contributed by atoms with Crippen molar-refractivity contribution in [2.45, 2.75) is 33.1 Å². The molecular formula is C13H15F3O2. The van der Waals surface area contributed by atoms with Crippen LogP contribution in [-0.4, -0.2) is 12.1 Å². The van der Waals surface area contributed by atoms with Crippen LogP contribution in [0, 0.1) is 5.92 Å². The van der Waals surface area contributed by atoms with Gasteiger partial charge in [-0.3, -0.25) is 4.79 Å². The number of rotatable bonds is 5. The number of alkyl halides is 3. The van der Waals surface area contributed by atoms with Gasteiger partial charge in [-0.25, -0.2) is 0 Å². The average molecular weight is 260 g/mol. The molecule has 0 heterocycles. The molecule has 0 aliphatic carbocycles. The molecule has 1 rings (SSSR count). The number of benzene rings is 1. The van der Waals surface area contributed by atoms with Crippen LogP contribution in [0.15, 0.2) is 24.3 Å². The molecule has 0 saturated heterocycles. The molecule has 1 aromatic rings. The minimum absolute atomic E-state index is 0.121. The molecule has 0 aliphatic rings. The number of ketones is 1. The Bertz CT molecular complexity index is 396. The number of Topliss-reactive ketones (excluding diaryl/α,β-unsaturated/α-hetero) is 1. The molecule has 0 amide bonds. The summed E-state index contributed by atoms with van der Waals surface area (Å²) in [5, 5.41) is 0. The number of hydrogen-bond acceptors (Lipinski definition) is 2. The SMILES string of the molecule is CCC(=O)C(C)Cc1ccc(OC(F)(F)F)cc1. The normalized spacial score (nSPS) is 13.2. The Morgan fingerprint density at radius 2 is 1.83 bits per heavy atom. The first kappa shape index (κ1) is 14.5. The fourth-order valence-electron chi connectivity index (χ4n) is 1.64. The zero-order chi connectivity index (χ0) is 13.8. The Morgan fingerprint density at radius 1 is 1.28 bits per heavy atom. The third kappa shape index (κ3) is 4.77. The highest BCUT2D eigenvalue weighted by Gasteiger charge is 2.30. The molecule has 1 aromatic carbocycles. The van der Waals surface area contributed by atoms with Crippen molar-refractivity contribution in [2.75, 3.05) is 0 Å². The predicted molar refractivity (Wildman–Crippen MR) is 61.3 cm³/mol. The highest BCUT2D eigenvalue weighted by molar-refractivity contribution is 5.80. The van der Waals surface area contributed by atoms with E-state index in [-0.39, 0.29) is 17.5 Å². The van der Waals surface area contributed by atoms with E-state index in [4.69, 9.17) is 0 Å². The lowest BCUT2D eigenvalue weighted by Crippen LogP contribution is -2.17. The first-order chi connectivity index (χ1) is 8.31. The van der Waals surface area contributed by atoms with Gasteiger partial charge in [0.1, 0.15) is 11.5 Å². The summed E-state index contributed by atoms with van der Waals surface area (Å²) in [5.74, 6) is -0.226. The second kappa shape index (κ2) is 5.89. The van der Waals surface area contributed by atoms with E-state index in [1.807, 2.05) is 6.92 Å². The van der Waals surface area contributed by atoms with Crippen molar-refractivity contribution in [2.24, 2.45) is 5.92 Å². The van der Waals surface area contributed by atoms with Crippen molar-refractivity contribution in [3.8, 4) is 5.75 Å². The summed E-state index contributed by atoms with van der Waals surface area (Å²) in [5.41, 5.74) is 0.818. The molecule has 0 aromatic heterocycles. The summed E-state index contributed by atoms with van der Waals surface area (Å²) >= 11 is 0. The number of carbonyl (C=O) groups is 1. The van der Waals surface area contributed by atoms with E-state index in [0.29, 0.717) is 12.8 Å². The van der Waals surface area contributed by atoms with Gasteiger partial charge in [0.25, 0.3) is 0 Å². The molecule has 0 N–H and O–H groups in total. The minimum Gasteiger partial charge on any atom is -0.406 e. The Balaban J connectivity index is 2.63. The molecular weight excluding hydrogens is 245 g/mol. The van der Waals surface area contributed by atoms with Crippen molar-refractivity contribution >= 4 is 5.78 Å². The van der Waals surface area contributed by atoms with Gasteiger partial charge in [0.2, 0.25) is 0 Å². The van der Waals surface area contributed by atoms with Gasteiger partial charge in [0.15, 0.2) is 0 Å². The van der Waals surface area contributed by atoms with Crippen LogP contribution in [0.5, 0.6) is 5.75 Å². The van der Waals surface area contributed by atoms with Crippen molar-refractivity contribution in [1.29, 1.82) is 0 Å². The van der Waals surface area contributed by atoms with Gasteiger partial charge in [-0.2, -0.15) is 0 Å². The van der Waals surface area contributed by atoms with Crippen LogP contribution >= 0.6 is 0 Å². The van der Waals surface area contributed by atoms with Crippen molar-refractivity contribution in [3.05, 3.63) is 29.8 Å². The molecule has 1 atom stereocenters. The summed E-state index contributed by atoms with van der Waals surface area (Å²) in [6.45, 7) is 3.60. The summed E-state index contributed by atoms with van der Waals surface area (Å²) in [6.07, 6.45) is -3.68. The van der Waals surface area contributed by atoms with Crippen LogP contribution in [0.2, 0.25) is 0 Å². The molecule has 0 bridgehead atoms. The smallest absolute Gasteiger partial charge is 0.406 e. The van der Waals surface area contributed by atoms with Gasteiger partial charge in [-0.05, 0) is 24.1 Å². The third-order valence-corrected chi connectivity index (χ3v) is 2.60. The molecule has 0 saturated carbocycles. The van der Waals surface area contributed by atoms with E-state index in [1.165, 1.54) is 12.1 Å². The maximum Gasteiger partial charge on any atom is 0.573 e. The average Bonchev–Trinajstić information content (AvgIpc) is 2.28. The first-order valence-corrected chi connectivity index (χ1v) is 5.69. The molecule has 0 spiro atoms. The topological polar surface area (TPSA) is 26.3 Å². The first-order valence-electron chi connectivity index (χ1n) is 5.69. The number of halogens is 3. The largest absolute Gasteiger partial charge is 0.573 e. The molecule has 0 fully saturated rings. The molecule has 100 valence electrons. The Hall–Kier alpha value is -1.52. The van der Waals surface area contributed by atoms with Gasteiger partial charge < -0.3 is 4.74 Å². The lowest BCUT2D eigenvalue weighted by atomic mass is 9.96. The van der Waals surface area contributed by atoms with Crippen LogP contribution in [-0.2, 0) is 11.2 Å². The molecule has 18 heavy (non-hydrogen) atoms. The highest BCUT2D eigenvalue weighted by atomic mass is 19.4. The Morgan fingerprint density at radius 3 is 2.28 bits per heavy atom. The third-order valence-electron chi connectivity index (χ3n) is 2.60. The van der Waals surface area contributed by atoms with Gasteiger partial charge in [0, 0.05) is 12.3 Å². The molecule has 0 radical (unpaired) electrons. The molecule has 0 aliphatic heterocycles. The quantitative estimate of drug-likeness (QED) is 0.806. The minimum atomic E-state index is -4.67. The van der Waals surface area contributed by atoms with Crippen LogP contribution in [0.25, 0.3) is 0 Å². The van der Waals surface area contributed by atoms with Gasteiger partial charge in [0.05, 0.1) is 0 Å². The zero-order valence-electron chi connectivity index (χ0n) is 10.3. The van der Waals surface area contributed by atoms with Gasteiger partial charge in [-0.1, -0.05) is 26.0 Å².